The SMILES string of the molecule is CN(CCCNC(=O)C1c2ccccc2C(=O)N(C)C1c1cccs1)Cc1ccccc1. The third kappa shape index (κ3) is 4.76. The molecule has 1 aliphatic rings. The van der Waals surface area contributed by atoms with Gasteiger partial charge in [-0.05, 0) is 48.7 Å². The third-order valence-electron chi connectivity index (χ3n) is 6.01. The lowest BCUT2D eigenvalue weighted by Gasteiger charge is -2.39. The van der Waals surface area contributed by atoms with Gasteiger partial charge >= 0.3 is 0 Å². The first-order chi connectivity index (χ1) is 15.6. The number of nitrogens with zero attached hydrogens (tertiary/aromatic N) is 2. The lowest BCUT2D eigenvalue weighted by atomic mass is 9.81. The van der Waals surface area contributed by atoms with E-state index in [0.717, 1.165) is 30.0 Å². The second kappa shape index (κ2) is 10.1. The minimum Gasteiger partial charge on any atom is -0.355 e. The van der Waals surface area contributed by atoms with Crippen molar-refractivity contribution in [3.05, 3.63) is 93.7 Å². The predicted molar refractivity (Wildman–Crippen MR) is 129 cm³/mol. The zero-order chi connectivity index (χ0) is 22.5. The summed E-state index contributed by atoms with van der Waals surface area (Å²) < 4.78 is 0. The van der Waals surface area contributed by atoms with Crippen molar-refractivity contribution in [3.63, 3.8) is 0 Å². The normalized spacial score (nSPS) is 18.0. The fraction of sp³-hybridized carbons (Fsp3) is 0.308. The molecule has 0 saturated heterocycles. The van der Waals surface area contributed by atoms with Crippen LogP contribution in [-0.4, -0.2) is 48.8 Å². The predicted octanol–water partition coefficient (Wildman–Crippen LogP) is 4.30. The van der Waals surface area contributed by atoms with Gasteiger partial charge in [0, 0.05) is 30.6 Å². The molecule has 32 heavy (non-hydrogen) atoms. The van der Waals surface area contributed by atoms with Gasteiger partial charge in [0.15, 0.2) is 0 Å². The summed E-state index contributed by atoms with van der Waals surface area (Å²) in [5, 5.41) is 5.13. The minimum atomic E-state index is -0.422. The van der Waals surface area contributed by atoms with Crippen LogP contribution in [-0.2, 0) is 11.3 Å². The maximum absolute atomic E-state index is 13.4. The molecule has 0 aliphatic carbocycles. The Morgan fingerprint density at radius 1 is 1.06 bits per heavy atom. The molecule has 1 N–H and O–H groups in total. The van der Waals surface area contributed by atoms with E-state index in [0.29, 0.717) is 12.1 Å². The number of carbonyl (C=O) groups is 2. The average Bonchev–Trinajstić information content (AvgIpc) is 3.34. The van der Waals surface area contributed by atoms with Gasteiger partial charge in [-0.1, -0.05) is 54.6 Å². The highest BCUT2D eigenvalue weighted by atomic mass is 32.1. The Balaban J connectivity index is 1.42. The van der Waals surface area contributed by atoms with Crippen molar-refractivity contribution in [2.45, 2.75) is 24.9 Å². The van der Waals surface area contributed by atoms with Gasteiger partial charge in [0.05, 0.1) is 12.0 Å². The van der Waals surface area contributed by atoms with Gasteiger partial charge in [0.1, 0.15) is 0 Å². The first-order valence-electron chi connectivity index (χ1n) is 11.0. The van der Waals surface area contributed by atoms with Gasteiger partial charge in [-0.15, -0.1) is 11.3 Å². The minimum absolute atomic E-state index is 0.0269. The first-order valence-corrected chi connectivity index (χ1v) is 11.8. The largest absolute Gasteiger partial charge is 0.355 e. The standard InChI is InChI=1S/C26H29N3O2S/c1-28(18-19-10-4-3-5-11-19)16-9-15-27-25(30)23-20-12-6-7-13-21(20)26(31)29(2)24(23)22-14-8-17-32-22/h3-8,10-14,17,23-24H,9,15-16,18H2,1-2H3,(H,27,30). The van der Waals surface area contributed by atoms with E-state index in [1.807, 2.05) is 47.8 Å². The van der Waals surface area contributed by atoms with Crippen LogP contribution in [0.5, 0.6) is 0 Å². The van der Waals surface area contributed by atoms with Crippen molar-refractivity contribution >= 4 is 23.2 Å². The van der Waals surface area contributed by atoms with Crippen LogP contribution in [0.15, 0.2) is 72.1 Å². The molecule has 0 fully saturated rings. The van der Waals surface area contributed by atoms with Crippen LogP contribution in [0.1, 0.15) is 44.7 Å². The van der Waals surface area contributed by atoms with E-state index in [-0.39, 0.29) is 17.9 Å². The molecule has 2 aromatic carbocycles. The maximum atomic E-state index is 13.4. The third-order valence-corrected chi connectivity index (χ3v) is 6.95. The summed E-state index contributed by atoms with van der Waals surface area (Å²) in [6, 6.07) is 21.6. The molecule has 0 saturated carbocycles. The van der Waals surface area contributed by atoms with Gasteiger partial charge in [-0.25, -0.2) is 0 Å². The van der Waals surface area contributed by atoms with E-state index in [1.54, 1.807) is 23.3 Å². The quantitative estimate of drug-likeness (QED) is 0.524. The molecule has 1 aromatic heterocycles. The molecule has 6 heteroatoms. The Labute approximate surface area is 193 Å². The lowest BCUT2D eigenvalue weighted by Crippen LogP contribution is -2.45. The molecule has 2 unspecified atom stereocenters. The summed E-state index contributed by atoms with van der Waals surface area (Å²) in [5.74, 6) is -0.485. The van der Waals surface area contributed by atoms with Crippen LogP contribution in [0.3, 0.4) is 0 Å². The highest BCUT2D eigenvalue weighted by Crippen LogP contribution is 2.43. The number of hydrogen-bond acceptors (Lipinski definition) is 4. The van der Waals surface area contributed by atoms with E-state index in [4.69, 9.17) is 0 Å². The summed E-state index contributed by atoms with van der Waals surface area (Å²) in [4.78, 5) is 31.4. The van der Waals surface area contributed by atoms with Crippen LogP contribution in [0.2, 0.25) is 0 Å². The Morgan fingerprint density at radius 3 is 2.56 bits per heavy atom. The van der Waals surface area contributed by atoms with Gasteiger partial charge in [0.25, 0.3) is 5.91 Å². The summed E-state index contributed by atoms with van der Waals surface area (Å²) in [6.07, 6.45) is 0.863. The van der Waals surface area contributed by atoms with E-state index in [1.165, 1.54) is 5.56 Å². The van der Waals surface area contributed by atoms with Gasteiger partial charge < -0.3 is 15.1 Å². The number of nitrogens with one attached hydrogen (secondary N) is 1. The van der Waals surface area contributed by atoms with Crippen LogP contribution in [0.4, 0.5) is 0 Å². The van der Waals surface area contributed by atoms with Crippen molar-refractivity contribution < 1.29 is 9.59 Å². The fourth-order valence-electron chi connectivity index (χ4n) is 4.42. The summed E-state index contributed by atoms with van der Waals surface area (Å²) in [5.41, 5.74) is 2.71. The second-order valence-electron chi connectivity index (χ2n) is 8.31. The van der Waals surface area contributed by atoms with Crippen molar-refractivity contribution in [3.8, 4) is 0 Å². The average molecular weight is 448 g/mol. The molecule has 3 aromatic rings. The monoisotopic (exact) mass is 447 g/mol. The maximum Gasteiger partial charge on any atom is 0.254 e. The summed E-state index contributed by atoms with van der Waals surface area (Å²) >= 11 is 1.58. The van der Waals surface area contributed by atoms with E-state index in [9.17, 15) is 9.59 Å². The zero-order valence-electron chi connectivity index (χ0n) is 18.5. The van der Waals surface area contributed by atoms with Crippen molar-refractivity contribution in [1.29, 1.82) is 0 Å². The van der Waals surface area contributed by atoms with Crippen molar-refractivity contribution in [2.24, 2.45) is 0 Å². The Morgan fingerprint density at radius 2 is 1.81 bits per heavy atom. The number of likely N-dealkylation sites (N-methyl/N-ethyl adjacent to an activating group) is 1. The molecular formula is C26H29N3O2S. The summed E-state index contributed by atoms with van der Waals surface area (Å²) in [7, 11) is 3.89. The first kappa shape index (κ1) is 22.2. The number of rotatable bonds is 8. The van der Waals surface area contributed by atoms with Crippen LogP contribution >= 0.6 is 11.3 Å². The molecule has 2 amide bonds. The zero-order valence-corrected chi connectivity index (χ0v) is 19.3. The van der Waals surface area contributed by atoms with Crippen LogP contribution < -0.4 is 5.32 Å². The number of hydrogen-bond donors (Lipinski definition) is 1. The molecule has 5 nitrogen and oxygen atoms in total. The van der Waals surface area contributed by atoms with Gasteiger partial charge in [0.2, 0.25) is 5.91 Å². The molecule has 0 spiro atoms. The molecule has 2 heterocycles. The highest BCUT2D eigenvalue weighted by molar-refractivity contribution is 7.10. The molecular weight excluding hydrogens is 418 g/mol. The topological polar surface area (TPSA) is 52.7 Å². The van der Waals surface area contributed by atoms with Crippen LogP contribution in [0.25, 0.3) is 0 Å². The molecule has 0 bridgehead atoms. The van der Waals surface area contributed by atoms with E-state index >= 15 is 0 Å². The van der Waals surface area contributed by atoms with Gasteiger partial charge in [-0.2, -0.15) is 0 Å². The molecule has 166 valence electrons. The Hall–Kier alpha value is -2.96. The van der Waals surface area contributed by atoms with Crippen LogP contribution in [0, 0.1) is 0 Å². The van der Waals surface area contributed by atoms with E-state index < -0.39 is 5.92 Å². The smallest absolute Gasteiger partial charge is 0.254 e. The number of fused-ring (bicyclic) bond motifs is 1. The lowest BCUT2D eigenvalue weighted by molar-refractivity contribution is -0.124. The number of amides is 2. The number of carbonyl (C=O) groups excluding carboxylic acids is 2. The molecule has 0 radical (unpaired) electrons. The number of thiophene rings is 1. The molecule has 1 aliphatic heterocycles. The molecule has 2 atom stereocenters. The van der Waals surface area contributed by atoms with Crippen molar-refractivity contribution in [2.75, 3.05) is 27.2 Å². The van der Waals surface area contributed by atoms with E-state index in [2.05, 4.69) is 41.5 Å². The van der Waals surface area contributed by atoms with Gasteiger partial charge in [-0.3, -0.25) is 9.59 Å². The summed E-state index contributed by atoms with van der Waals surface area (Å²) in [6.45, 7) is 2.38. The highest BCUT2D eigenvalue weighted by Gasteiger charge is 2.42. The Bertz CT molecular complexity index is 1050. The van der Waals surface area contributed by atoms with Crippen molar-refractivity contribution in [1.82, 2.24) is 15.1 Å². The molecule has 4 rings (SSSR count). The fourth-order valence-corrected chi connectivity index (χ4v) is 5.32. The second-order valence-corrected chi connectivity index (χ2v) is 9.29. The number of benzene rings is 2. The Kier molecular flexibility index (Phi) is 7.02.